The van der Waals surface area contributed by atoms with Crippen LogP contribution in [0.2, 0.25) is 0 Å². The lowest BCUT2D eigenvalue weighted by molar-refractivity contribution is -0.137. The third-order valence-corrected chi connectivity index (χ3v) is 2.90. The van der Waals surface area contributed by atoms with Crippen molar-refractivity contribution < 1.29 is 9.90 Å². The quantitative estimate of drug-likeness (QED) is 0.770. The summed E-state index contributed by atoms with van der Waals surface area (Å²) in [6, 6.07) is 0. The number of carbonyl (C=O) groups is 1. The molecule has 0 fully saturated rings. The number of H-pyrrole nitrogens is 1. The largest absolute Gasteiger partial charge is 0.481 e. The van der Waals surface area contributed by atoms with Gasteiger partial charge in [0.05, 0.1) is 17.8 Å². The normalized spacial score (nSPS) is 23.5. The highest BCUT2D eigenvalue weighted by molar-refractivity contribution is 5.68. The van der Waals surface area contributed by atoms with Gasteiger partial charge >= 0.3 is 5.97 Å². The molecule has 15 heavy (non-hydrogen) atoms. The maximum Gasteiger partial charge on any atom is 0.304 e. The predicted molar refractivity (Wildman–Crippen MR) is 53.5 cm³/mol. The Morgan fingerprint density at radius 2 is 2.33 bits per heavy atom. The Morgan fingerprint density at radius 1 is 1.60 bits per heavy atom. The van der Waals surface area contributed by atoms with Gasteiger partial charge in [0.2, 0.25) is 0 Å². The molecule has 82 valence electrons. The monoisotopic (exact) mass is 209 g/mol. The molecule has 1 heterocycles. The lowest BCUT2D eigenvalue weighted by atomic mass is 9.72. The molecule has 0 aromatic carbocycles. The van der Waals surface area contributed by atoms with Crippen molar-refractivity contribution in [2.45, 2.75) is 39.0 Å². The first kappa shape index (κ1) is 10.1. The second-order valence-corrected chi connectivity index (χ2v) is 5.00. The van der Waals surface area contributed by atoms with Crippen LogP contribution in [0.25, 0.3) is 0 Å². The summed E-state index contributed by atoms with van der Waals surface area (Å²) in [7, 11) is 0. The molecule has 1 atom stereocenters. The molecular weight excluding hydrogens is 194 g/mol. The number of hydrogen-bond donors (Lipinski definition) is 2. The van der Waals surface area contributed by atoms with Gasteiger partial charge in [-0.2, -0.15) is 15.4 Å². The molecule has 1 aliphatic rings. The van der Waals surface area contributed by atoms with Crippen molar-refractivity contribution >= 4 is 5.97 Å². The Morgan fingerprint density at radius 3 is 3.00 bits per heavy atom. The van der Waals surface area contributed by atoms with E-state index in [4.69, 9.17) is 5.11 Å². The van der Waals surface area contributed by atoms with Crippen LogP contribution >= 0.6 is 0 Å². The van der Waals surface area contributed by atoms with Gasteiger partial charge in [-0.15, -0.1) is 0 Å². The number of carboxylic acid groups (broad SMARTS) is 1. The number of aromatic amines is 1. The Bertz CT molecular complexity index is 384. The number of rotatable bonds is 2. The number of carboxylic acids is 1. The zero-order valence-corrected chi connectivity index (χ0v) is 8.95. The zero-order chi connectivity index (χ0) is 11.1. The van der Waals surface area contributed by atoms with E-state index < -0.39 is 5.97 Å². The summed E-state index contributed by atoms with van der Waals surface area (Å²) in [4.78, 5) is 10.8. The fourth-order valence-corrected chi connectivity index (χ4v) is 2.39. The Balaban J connectivity index is 2.29. The summed E-state index contributed by atoms with van der Waals surface area (Å²) in [5.41, 5.74) is 1.89. The molecule has 0 saturated carbocycles. The maximum absolute atomic E-state index is 10.8. The van der Waals surface area contributed by atoms with Crippen LogP contribution in [0.15, 0.2) is 0 Å². The van der Waals surface area contributed by atoms with Gasteiger partial charge in [0.1, 0.15) is 0 Å². The Kier molecular flexibility index (Phi) is 2.25. The Labute approximate surface area is 87.9 Å². The van der Waals surface area contributed by atoms with Gasteiger partial charge in [-0.3, -0.25) is 4.79 Å². The second kappa shape index (κ2) is 3.32. The van der Waals surface area contributed by atoms with Gasteiger partial charge in [0.25, 0.3) is 0 Å². The lowest BCUT2D eigenvalue weighted by Crippen LogP contribution is -2.27. The van der Waals surface area contributed by atoms with Crippen LogP contribution in [0.3, 0.4) is 0 Å². The van der Waals surface area contributed by atoms with Crippen molar-refractivity contribution in [2.24, 2.45) is 5.41 Å². The zero-order valence-electron chi connectivity index (χ0n) is 8.95. The number of fused-ring (bicyclic) bond motifs is 1. The highest BCUT2D eigenvalue weighted by Gasteiger charge is 2.35. The van der Waals surface area contributed by atoms with Crippen LogP contribution in [0.5, 0.6) is 0 Å². The molecule has 0 saturated heterocycles. The van der Waals surface area contributed by atoms with Crippen LogP contribution in [0.4, 0.5) is 0 Å². The van der Waals surface area contributed by atoms with Crippen molar-refractivity contribution in [3.63, 3.8) is 0 Å². The van der Waals surface area contributed by atoms with E-state index in [0.29, 0.717) is 0 Å². The molecule has 2 N–H and O–H groups in total. The third-order valence-electron chi connectivity index (χ3n) is 2.90. The molecule has 2 rings (SSSR count). The lowest BCUT2D eigenvalue weighted by Gasteiger charge is -2.32. The van der Waals surface area contributed by atoms with Crippen molar-refractivity contribution in [3.05, 3.63) is 11.4 Å². The number of aliphatic carboxylic acids is 1. The second-order valence-electron chi connectivity index (χ2n) is 5.00. The fourth-order valence-electron chi connectivity index (χ4n) is 2.39. The molecule has 1 aromatic heterocycles. The summed E-state index contributed by atoms with van der Waals surface area (Å²) in [5, 5.41) is 19.6. The Hall–Kier alpha value is -1.39. The molecule has 0 bridgehead atoms. The first-order valence-electron chi connectivity index (χ1n) is 5.09. The van der Waals surface area contributed by atoms with E-state index >= 15 is 0 Å². The highest BCUT2D eigenvalue weighted by Crippen LogP contribution is 2.41. The fraction of sp³-hybridized carbons (Fsp3) is 0.700. The van der Waals surface area contributed by atoms with E-state index in [1.54, 1.807) is 0 Å². The highest BCUT2D eigenvalue weighted by atomic mass is 16.4. The number of nitrogens with one attached hydrogen (secondary N) is 1. The number of hydrogen-bond acceptors (Lipinski definition) is 3. The minimum Gasteiger partial charge on any atom is -0.481 e. The van der Waals surface area contributed by atoms with Crippen molar-refractivity contribution in [1.82, 2.24) is 15.4 Å². The molecule has 0 radical (unpaired) electrons. The molecule has 5 heteroatoms. The van der Waals surface area contributed by atoms with E-state index in [0.717, 1.165) is 24.2 Å². The number of nitrogens with zero attached hydrogens (tertiary/aromatic N) is 2. The van der Waals surface area contributed by atoms with Gasteiger partial charge in [-0.05, 0) is 18.3 Å². The minimum atomic E-state index is -0.772. The third kappa shape index (κ3) is 2.00. The van der Waals surface area contributed by atoms with Crippen LogP contribution in [0.1, 0.15) is 44.0 Å². The number of aromatic nitrogens is 3. The van der Waals surface area contributed by atoms with Crippen LogP contribution in [-0.2, 0) is 11.2 Å². The van der Waals surface area contributed by atoms with E-state index in [2.05, 4.69) is 29.3 Å². The SMILES string of the molecule is CC1(C)Cc2n[nH]nc2C(CC(=O)O)C1. The van der Waals surface area contributed by atoms with Gasteiger partial charge in [-0.1, -0.05) is 13.8 Å². The first-order chi connectivity index (χ1) is 6.98. The molecule has 1 aromatic rings. The molecule has 5 nitrogen and oxygen atoms in total. The standard InChI is InChI=1S/C10H15N3O2/c1-10(2)4-6(3-8(14)15)9-7(5-10)11-13-12-9/h6H,3-5H2,1-2H3,(H,14,15)(H,11,12,13). The predicted octanol–water partition coefficient (Wildman–Crippen LogP) is 1.34. The average Bonchev–Trinajstić information content (AvgIpc) is 2.48. The molecular formula is C10H15N3O2. The summed E-state index contributed by atoms with van der Waals surface area (Å²) in [5.74, 6) is -0.772. The van der Waals surface area contributed by atoms with Gasteiger partial charge in [0, 0.05) is 5.92 Å². The maximum atomic E-state index is 10.8. The van der Waals surface area contributed by atoms with Crippen LogP contribution in [-0.4, -0.2) is 26.5 Å². The van der Waals surface area contributed by atoms with Crippen molar-refractivity contribution in [3.8, 4) is 0 Å². The summed E-state index contributed by atoms with van der Waals surface area (Å²) < 4.78 is 0. The van der Waals surface area contributed by atoms with Gasteiger partial charge in [-0.25, -0.2) is 0 Å². The molecule has 1 aliphatic carbocycles. The molecule has 1 unspecified atom stereocenters. The van der Waals surface area contributed by atoms with Crippen LogP contribution in [0, 0.1) is 5.41 Å². The topological polar surface area (TPSA) is 78.9 Å². The minimum absolute atomic E-state index is 0.000000000000000444. The smallest absolute Gasteiger partial charge is 0.304 e. The first-order valence-corrected chi connectivity index (χ1v) is 5.09. The molecule has 0 amide bonds. The van der Waals surface area contributed by atoms with Gasteiger partial charge in [0.15, 0.2) is 0 Å². The molecule has 0 aliphatic heterocycles. The summed E-state index contributed by atoms with van der Waals surface area (Å²) >= 11 is 0. The van der Waals surface area contributed by atoms with E-state index in [1.165, 1.54) is 0 Å². The summed E-state index contributed by atoms with van der Waals surface area (Å²) in [6.45, 7) is 4.28. The molecule has 0 spiro atoms. The van der Waals surface area contributed by atoms with E-state index in [1.807, 2.05) is 0 Å². The van der Waals surface area contributed by atoms with Gasteiger partial charge < -0.3 is 5.11 Å². The van der Waals surface area contributed by atoms with Crippen molar-refractivity contribution in [1.29, 1.82) is 0 Å². The van der Waals surface area contributed by atoms with Crippen LogP contribution < -0.4 is 0 Å². The van der Waals surface area contributed by atoms with E-state index in [9.17, 15) is 4.79 Å². The average molecular weight is 209 g/mol. The van der Waals surface area contributed by atoms with E-state index in [-0.39, 0.29) is 17.8 Å². The summed E-state index contributed by atoms with van der Waals surface area (Å²) in [6.07, 6.45) is 1.87. The van der Waals surface area contributed by atoms with Crippen molar-refractivity contribution in [2.75, 3.05) is 0 Å².